The first-order valence-corrected chi connectivity index (χ1v) is 6.60. The fraction of sp³-hybridized carbons (Fsp3) is 0.500. The van der Waals surface area contributed by atoms with E-state index in [9.17, 15) is 22.4 Å². The molecule has 3 nitrogen and oxygen atoms in total. The van der Waals surface area contributed by atoms with E-state index in [1.54, 1.807) is 11.9 Å². The van der Waals surface area contributed by atoms with Gasteiger partial charge in [0.05, 0.1) is 5.56 Å². The normalized spacial score (nSPS) is 20.0. The molecule has 21 heavy (non-hydrogen) atoms. The number of alkyl halides is 3. The van der Waals surface area contributed by atoms with Crippen molar-refractivity contribution in [3.8, 4) is 0 Å². The molecule has 0 aromatic heterocycles. The van der Waals surface area contributed by atoms with E-state index in [2.05, 4.69) is 5.32 Å². The predicted molar refractivity (Wildman–Crippen MR) is 68.9 cm³/mol. The monoisotopic (exact) mass is 304 g/mol. The van der Waals surface area contributed by atoms with E-state index in [0.29, 0.717) is 25.5 Å². The second-order valence-electron chi connectivity index (χ2n) is 5.19. The third kappa shape index (κ3) is 3.93. The van der Waals surface area contributed by atoms with Gasteiger partial charge in [0.1, 0.15) is 5.82 Å². The minimum Gasteiger partial charge on any atom is -0.344 e. The van der Waals surface area contributed by atoms with E-state index in [4.69, 9.17) is 0 Å². The summed E-state index contributed by atoms with van der Waals surface area (Å²) in [4.78, 5) is 12.9. The van der Waals surface area contributed by atoms with Gasteiger partial charge in [0.2, 0.25) is 5.91 Å². The van der Waals surface area contributed by atoms with Crippen molar-refractivity contribution in [3.05, 3.63) is 35.1 Å². The average molecular weight is 304 g/mol. The fourth-order valence-corrected chi connectivity index (χ4v) is 2.40. The van der Waals surface area contributed by atoms with Gasteiger partial charge in [0.25, 0.3) is 0 Å². The zero-order valence-electron chi connectivity index (χ0n) is 11.5. The number of likely N-dealkylation sites (N-methyl/N-ethyl adjacent to an activating group) is 1. The van der Waals surface area contributed by atoms with Crippen molar-refractivity contribution in [2.24, 2.45) is 0 Å². The lowest BCUT2D eigenvalue weighted by Gasteiger charge is -2.30. The summed E-state index contributed by atoms with van der Waals surface area (Å²) in [5.74, 6) is -0.875. The third-order valence-electron chi connectivity index (χ3n) is 3.59. The predicted octanol–water partition coefficient (Wildman–Crippen LogP) is 2.55. The molecule has 1 fully saturated rings. The van der Waals surface area contributed by atoms with Crippen LogP contribution < -0.4 is 5.32 Å². The molecule has 7 heteroatoms. The molecule has 0 aliphatic carbocycles. The van der Waals surface area contributed by atoms with Gasteiger partial charge in [-0.2, -0.15) is 13.2 Å². The number of nitrogens with zero attached hydrogens (tertiary/aromatic N) is 1. The third-order valence-corrected chi connectivity index (χ3v) is 3.59. The Hall–Kier alpha value is -1.63. The molecular weight excluding hydrogens is 288 g/mol. The second kappa shape index (κ2) is 6.01. The maximum Gasteiger partial charge on any atom is 0.416 e. The number of halogens is 4. The van der Waals surface area contributed by atoms with Crippen molar-refractivity contribution in [3.63, 3.8) is 0 Å². The van der Waals surface area contributed by atoms with Gasteiger partial charge in [-0.1, -0.05) is 6.07 Å². The van der Waals surface area contributed by atoms with Gasteiger partial charge < -0.3 is 10.2 Å². The van der Waals surface area contributed by atoms with Crippen LogP contribution in [-0.2, 0) is 17.5 Å². The zero-order chi connectivity index (χ0) is 15.6. The Kier molecular flexibility index (Phi) is 4.51. The molecule has 1 aromatic rings. The summed E-state index contributed by atoms with van der Waals surface area (Å²) >= 11 is 0. The number of hydrogen-bond acceptors (Lipinski definition) is 2. The van der Waals surface area contributed by atoms with Crippen LogP contribution in [0.1, 0.15) is 24.0 Å². The minimum atomic E-state index is -4.58. The Morgan fingerprint density at radius 3 is 2.71 bits per heavy atom. The number of rotatable bonds is 3. The molecule has 1 aromatic carbocycles. The molecular formula is C14H16F4N2O. The molecule has 0 radical (unpaired) electrons. The van der Waals surface area contributed by atoms with Crippen molar-refractivity contribution in [2.45, 2.75) is 31.6 Å². The molecule has 1 saturated heterocycles. The number of carbonyl (C=O) groups excluding carboxylic acids is 1. The Morgan fingerprint density at radius 1 is 1.38 bits per heavy atom. The van der Waals surface area contributed by atoms with E-state index in [1.807, 2.05) is 0 Å². The lowest BCUT2D eigenvalue weighted by Crippen LogP contribution is -2.46. The molecule has 0 bridgehead atoms. The molecule has 1 N–H and O–H groups in total. The Morgan fingerprint density at radius 2 is 2.10 bits per heavy atom. The smallest absolute Gasteiger partial charge is 0.344 e. The summed E-state index contributed by atoms with van der Waals surface area (Å²) in [7, 11) is 1.66. The van der Waals surface area contributed by atoms with Gasteiger partial charge in [-0.25, -0.2) is 4.39 Å². The first kappa shape index (κ1) is 15.8. The van der Waals surface area contributed by atoms with Crippen molar-refractivity contribution in [1.82, 2.24) is 10.2 Å². The highest BCUT2D eigenvalue weighted by molar-refractivity contribution is 5.76. The molecule has 116 valence electrons. The molecule has 1 aliphatic heterocycles. The first-order valence-electron chi connectivity index (χ1n) is 6.60. The fourth-order valence-electron chi connectivity index (χ4n) is 2.40. The van der Waals surface area contributed by atoms with Crippen LogP contribution >= 0.6 is 0 Å². The topological polar surface area (TPSA) is 32.3 Å². The van der Waals surface area contributed by atoms with E-state index in [0.717, 1.165) is 12.1 Å². The first-order chi connectivity index (χ1) is 9.77. The van der Waals surface area contributed by atoms with E-state index in [-0.39, 0.29) is 24.1 Å². The number of hydrogen-bond donors (Lipinski definition) is 1. The quantitative estimate of drug-likeness (QED) is 0.871. The molecule has 2 rings (SSSR count). The number of amides is 1. The van der Waals surface area contributed by atoms with Crippen molar-refractivity contribution in [2.75, 3.05) is 13.6 Å². The molecule has 1 unspecified atom stereocenters. The van der Waals surface area contributed by atoms with Crippen LogP contribution in [0.4, 0.5) is 17.6 Å². The molecule has 1 heterocycles. The highest BCUT2D eigenvalue weighted by Crippen LogP contribution is 2.32. The van der Waals surface area contributed by atoms with Crippen LogP contribution in [0.25, 0.3) is 0 Å². The number of likely N-dealkylation sites (tertiary alicyclic amines) is 1. The highest BCUT2D eigenvalue weighted by Gasteiger charge is 2.34. The van der Waals surface area contributed by atoms with Crippen LogP contribution in [-0.4, -0.2) is 30.4 Å². The summed E-state index contributed by atoms with van der Waals surface area (Å²) in [6, 6.07) is 2.61. The van der Waals surface area contributed by atoms with Gasteiger partial charge in [0.15, 0.2) is 0 Å². The Balaban J connectivity index is 2.05. The maximum atomic E-state index is 13.0. The van der Waals surface area contributed by atoms with Crippen LogP contribution in [0.15, 0.2) is 18.2 Å². The van der Waals surface area contributed by atoms with Gasteiger partial charge in [0, 0.05) is 32.6 Å². The molecule has 0 saturated carbocycles. The van der Waals surface area contributed by atoms with E-state index >= 15 is 0 Å². The van der Waals surface area contributed by atoms with E-state index in [1.165, 1.54) is 0 Å². The SMILES string of the molecule is CN1CC(NCc2ccc(F)cc2C(F)(F)F)CCC1=O. The van der Waals surface area contributed by atoms with E-state index < -0.39 is 17.6 Å². The highest BCUT2D eigenvalue weighted by atomic mass is 19.4. The largest absolute Gasteiger partial charge is 0.416 e. The maximum absolute atomic E-state index is 13.0. The van der Waals surface area contributed by atoms with Gasteiger partial charge in [-0.3, -0.25) is 4.79 Å². The van der Waals surface area contributed by atoms with Crippen molar-refractivity contribution in [1.29, 1.82) is 0 Å². The van der Waals surface area contributed by atoms with Crippen LogP contribution in [0, 0.1) is 5.82 Å². The minimum absolute atomic E-state index is 0.00320. The Bertz CT molecular complexity index is 530. The summed E-state index contributed by atoms with van der Waals surface area (Å²) in [6.07, 6.45) is -3.62. The number of benzene rings is 1. The van der Waals surface area contributed by atoms with Gasteiger partial charge in [-0.15, -0.1) is 0 Å². The number of piperidine rings is 1. The second-order valence-corrected chi connectivity index (χ2v) is 5.19. The Labute approximate surface area is 119 Å². The summed E-state index contributed by atoms with van der Waals surface area (Å²) in [6.45, 7) is 0.448. The molecule has 0 spiro atoms. The molecule has 1 atom stereocenters. The zero-order valence-corrected chi connectivity index (χ0v) is 11.5. The summed E-state index contributed by atoms with van der Waals surface area (Å²) in [5, 5.41) is 3.00. The summed E-state index contributed by atoms with van der Waals surface area (Å²) in [5.41, 5.74) is -0.960. The lowest BCUT2D eigenvalue weighted by atomic mass is 10.0. The standard InChI is InChI=1S/C14H16F4N2O/c1-20-8-11(4-5-13(20)21)19-7-9-2-3-10(15)6-12(9)14(16,17)18/h2-3,6,11,19H,4-5,7-8H2,1H3. The molecule has 1 aliphatic rings. The molecule has 1 amide bonds. The van der Waals surface area contributed by atoms with Crippen molar-refractivity contribution < 1.29 is 22.4 Å². The summed E-state index contributed by atoms with van der Waals surface area (Å²) < 4.78 is 51.6. The van der Waals surface area contributed by atoms with Crippen molar-refractivity contribution >= 4 is 5.91 Å². The van der Waals surface area contributed by atoms with Crippen LogP contribution in [0.5, 0.6) is 0 Å². The number of carbonyl (C=O) groups is 1. The van der Waals surface area contributed by atoms with Crippen LogP contribution in [0.3, 0.4) is 0 Å². The van der Waals surface area contributed by atoms with Gasteiger partial charge >= 0.3 is 6.18 Å². The van der Waals surface area contributed by atoms with Gasteiger partial charge in [-0.05, 0) is 24.1 Å². The van der Waals surface area contributed by atoms with Crippen LogP contribution in [0.2, 0.25) is 0 Å². The average Bonchev–Trinajstić information content (AvgIpc) is 2.40. The lowest BCUT2D eigenvalue weighted by molar-refractivity contribution is -0.138. The number of nitrogens with one attached hydrogen (secondary N) is 1.